The molecule has 1 amide bonds. The predicted molar refractivity (Wildman–Crippen MR) is 87.1 cm³/mol. The number of rotatable bonds is 4. The molecule has 0 atom stereocenters. The van der Waals surface area contributed by atoms with Crippen molar-refractivity contribution in [1.82, 2.24) is 4.98 Å². The van der Waals surface area contributed by atoms with E-state index in [4.69, 9.17) is 27.9 Å². The van der Waals surface area contributed by atoms with Gasteiger partial charge in [-0.1, -0.05) is 23.2 Å². The van der Waals surface area contributed by atoms with Gasteiger partial charge in [0.2, 0.25) is 0 Å². The Hall–Kier alpha value is -1.49. The molecule has 1 N–H and O–H groups in total. The summed E-state index contributed by atoms with van der Waals surface area (Å²) in [5.41, 5.74) is 0.950. The number of aromatic nitrogens is 1. The highest BCUT2D eigenvalue weighted by Gasteiger charge is 2.14. The van der Waals surface area contributed by atoms with Crippen molar-refractivity contribution in [1.29, 1.82) is 0 Å². The second-order valence-electron chi connectivity index (χ2n) is 3.90. The zero-order valence-corrected chi connectivity index (χ0v) is 13.4. The summed E-state index contributed by atoms with van der Waals surface area (Å²) in [4.78, 5) is 16.0. The Balaban J connectivity index is 0.00000220. The Morgan fingerprint density at radius 2 is 2.00 bits per heavy atom. The minimum Gasteiger partial charge on any atom is -0.491 e. The van der Waals surface area contributed by atoms with E-state index in [0.717, 1.165) is 0 Å². The average Bonchev–Trinajstić information content (AvgIpc) is 2.43. The van der Waals surface area contributed by atoms with E-state index in [1.807, 2.05) is 6.92 Å². The van der Waals surface area contributed by atoms with Crippen LogP contribution < -0.4 is 10.1 Å². The molecule has 0 radical (unpaired) electrons. The maximum atomic E-state index is 12.1. The quantitative estimate of drug-likeness (QED) is 0.888. The van der Waals surface area contributed by atoms with Gasteiger partial charge >= 0.3 is 0 Å². The molecule has 0 spiro atoms. The first-order valence-electron chi connectivity index (χ1n) is 5.95. The lowest BCUT2D eigenvalue weighted by Gasteiger charge is -2.10. The van der Waals surface area contributed by atoms with Gasteiger partial charge < -0.3 is 10.1 Å². The van der Waals surface area contributed by atoms with Crippen molar-refractivity contribution < 1.29 is 9.53 Å². The van der Waals surface area contributed by atoms with Gasteiger partial charge in [0.15, 0.2) is 5.75 Å². The monoisotopic (exact) mass is 346 g/mol. The number of amides is 1. The number of ether oxygens (including phenoxy) is 1. The number of benzene rings is 1. The normalized spacial score (nSPS) is 9.67. The fourth-order valence-corrected chi connectivity index (χ4v) is 2.21. The molecule has 7 heteroatoms. The van der Waals surface area contributed by atoms with E-state index in [0.29, 0.717) is 33.7 Å². The van der Waals surface area contributed by atoms with Crippen molar-refractivity contribution in [2.75, 3.05) is 11.9 Å². The highest BCUT2D eigenvalue weighted by molar-refractivity contribution is 6.37. The molecule has 0 bridgehead atoms. The SMILES string of the molecule is CCOc1c(Cl)cc(C(=O)Nc2cccnc2)cc1Cl.Cl. The van der Waals surface area contributed by atoms with Gasteiger partial charge in [0.25, 0.3) is 5.91 Å². The van der Waals surface area contributed by atoms with Crippen molar-refractivity contribution in [3.63, 3.8) is 0 Å². The average molecular weight is 348 g/mol. The van der Waals surface area contributed by atoms with Crippen LogP contribution >= 0.6 is 35.6 Å². The van der Waals surface area contributed by atoms with Crippen LogP contribution in [0.3, 0.4) is 0 Å². The molecular weight excluding hydrogens is 335 g/mol. The third-order valence-corrected chi connectivity index (χ3v) is 3.03. The topological polar surface area (TPSA) is 51.2 Å². The highest BCUT2D eigenvalue weighted by Crippen LogP contribution is 2.34. The Morgan fingerprint density at radius 3 is 2.52 bits per heavy atom. The van der Waals surface area contributed by atoms with E-state index in [1.54, 1.807) is 24.5 Å². The Kier molecular flexibility index (Phi) is 6.75. The first-order valence-corrected chi connectivity index (χ1v) is 6.70. The number of carbonyl (C=O) groups excluding carboxylic acids is 1. The molecule has 0 saturated carbocycles. The van der Waals surface area contributed by atoms with Gasteiger partial charge in [-0.15, -0.1) is 12.4 Å². The maximum absolute atomic E-state index is 12.1. The number of halogens is 3. The number of hydrogen-bond donors (Lipinski definition) is 1. The lowest BCUT2D eigenvalue weighted by molar-refractivity contribution is 0.102. The minimum absolute atomic E-state index is 0. The number of nitrogens with zero attached hydrogens (tertiary/aromatic N) is 1. The summed E-state index contributed by atoms with van der Waals surface area (Å²) in [6.07, 6.45) is 3.18. The van der Waals surface area contributed by atoms with E-state index in [-0.39, 0.29) is 18.3 Å². The van der Waals surface area contributed by atoms with E-state index in [1.165, 1.54) is 12.1 Å². The number of pyridine rings is 1. The Bertz CT molecular complexity index is 598. The van der Waals surface area contributed by atoms with Crippen molar-refractivity contribution >= 4 is 47.2 Å². The van der Waals surface area contributed by atoms with Crippen molar-refractivity contribution in [2.45, 2.75) is 6.92 Å². The largest absolute Gasteiger partial charge is 0.491 e. The summed E-state index contributed by atoms with van der Waals surface area (Å²) in [5, 5.41) is 3.31. The molecule has 2 rings (SSSR count). The molecule has 0 saturated heterocycles. The number of carbonyl (C=O) groups is 1. The second kappa shape index (κ2) is 8.08. The standard InChI is InChI=1S/C14H12Cl2N2O2.ClH/c1-2-20-13-11(15)6-9(7-12(13)16)14(19)18-10-4-3-5-17-8-10;/h3-8H,2H2,1H3,(H,18,19);1H. The van der Waals surface area contributed by atoms with E-state index in [9.17, 15) is 4.79 Å². The summed E-state index contributed by atoms with van der Waals surface area (Å²) < 4.78 is 5.31. The molecule has 0 aliphatic heterocycles. The highest BCUT2D eigenvalue weighted by atomic mass is 35.5. The number of anilines is 1. The van der Waals surface area contributed by atoms with Gasteiger partial charge in [-0.3, -0.25) is 9.78 Å². The Morgan fingerprint density at radius 1 is 1.33 bits per heavy atom. The summed E-state index contributed by atoms with van der Waals surface area (Å²) in [6, 6.07) is 6.50. The van der Waals surface area contributed by atoms with Crippen LogP contribution in [0.4, 0.5) is 5.69 Å². The predicted octanol–water partition coefficient (Wildman–Crippen LogP) is 4.46. The van der Waals surface area contributed by atoms with Gasteiger partial charge in [-0.2, -0.15) is 0 Å². The van der Waals surface area contributed by atoms with Gasteiger partial charge in [-0.05, 0) is 31.2 Å². The van der Waals surface area contributed by atoms with Crippen LogP contribution in [0.5, 0.6) is 5.75 Å². The van der Waals surface area contributed by atoms with Crippen molar-refractivity contribution in [2.24, 2.45) is 0 Å². The van der Waals surface area contributed by atoms with Crippen LogP contribution in [0.2, 0.25) is 10.0 Å². The molecule has 2 aromatic rings. The zero-order chi connectivity index (χ0) is 14.5. The molecule has 0 aliphatic rings. The van der Waals surface area contributed by atoms with Gasteiger partial charge in [0, 0.05) is 11.8 Å². The fraction of sp³-hybridized carbons (Fsp3) is 0.143. The van der Waals surface area contributed by atoms with Crippen LogP contribution in [-0.2, 0) is 0 Å². The van der Waals surface area contributed by atoms with Crippen LogP contribution in [0, 0.1) is 0 Å². The molecule has 1 aromatic heterocycles. The molecular formula is C14H13Cl3N2O2. The molecule has 1 heterocycles. The summed E-state index contributed by atoms with van der Waals surface area (Å²) in [5.74, 6) is 0.0682. The molecule has 0 fully saturated rings. The zero-order valence-electron chi connectivity index (χ0n) is 11.1. The van der Waals surface area contributed by atoms with Gasteiger partial charge in [0.05, 0.1) is 28.5 Å². The number of nitrogens with one attached hydrogen (secondary N) is 1. The first kappa shape index (κ1) is 17.6. The van der Waals surface area contributed by atoms with Gasteiger partial charge in [-0.25, -0.2) is 0 Å². The third kappa shape index (κ3) is 4.49. The minimum atomic E-state index is -0.315. The summed E-state index contributed by atoms with van der Waals surface area (Å²) in [7, 11) is 0. The fourth-order valence-electron chi connectivity index (χ4n) is 1.61. The maximum Gasteiger partial charge on any atom is 0.255 e. The molecule has 4 nitrogen and oxygen atoms in total. The third-order valence-electron chi connectivity index (χ3n) is 2.47. The summed E-state index contributed by atoms with van der Waals surface area (Å²) >= 11 is 12.1. The van der Waals surface area contributed by atoms with Crippen LogP contribution in [0.25, 0.3) is 0 Å². The first-order chi connectivity index (χ1) is 9.61. The number of hydrogen-bond acceptors (Lipinski definition) is 3. The second-order valence-corrected chi connectivity index (χ2v) is 4.71. The molecule has 21 heavy (non-hydrogen) atoms. The molecule has 0 unspecified atom stereocenters. The van der Waals surface area contributed by atoms with Crippen LogP contribution in [0.15, 0.2) is 36.7 Å². The molecule has 1 aromatic carbocycles. The van der Waals surface area contributed by atoms with Crippen molar-refractivity contribution in [3.8, 4) is 5.75 Å². The molecule has 112 valence electrons. The van der Waals surface area contributed by atoms with Crippen LogP contribution in [-0.4, -0.2) is 17.5 Å². The van der Waals surface area contributed by atoms with E-state index >= 15 is 0 Å². The lowest BCUT2D eigenvalue weighted by Crippen LogP contribution is -2.12. The van der Waals surface area contributed by atoms with Crippen LogP contribution in [0.1, 0.15) is 17.3 Å². The smallest absolute Gasteiger partial charge is 0.255 e. The van der Waals surface area contributed by atoms with E-state index < -0.39 is 0 Å². The summed E-state index contributed by atoms with van der Waals surface area (Å²) in [6.45, 7) is 2.27. The van der Waals surface area contributed by atoms with Gasteiger partial charge in [0.1, 0.15) is 0 Å². The molecule has 0 aliphatic carbocycles. The lowest BCUT2D eigenvalue weighted by atomic mass is 10.2. The Labute approximate surface area is 138 Å². The van der Waals surface area contributed by atoms with E-state index in [2.05, 4.69) is 10.3 Å². The van der Waals surface area contributed by atoms with Crippen molar-refractivity contribution in [3.05, 3.63) is 52.3 Å².